The normalized spacial score (nSPS) is 20.3. The highest BCUT2D eigenvalue weighted by molar-refractivity contribution is 5.80. The molecule has 3 aliphatic carbocycles. The molecular formula is C38H32F6N4O2. The number of allylic oxidation sites excluding steroid dienone is 1. The van der Waals surface area contributed by atoms with Crippen molar-refractivity contribution in [1.29, 1.82) is 0 Å². The maximum atomic E-state index is 15.6. The molecule has 0 bridgehead atoms. The Kier molecular flexibility index (Phi) is 8.05. The first-order valence-corrected chi connectivity index (χ1v) is 16.2. The topological polar surface area (TPSA) is 80.9 Å². The van der Waals surface area contributed by atoms with E-state index in [1.807, 2.05) is 18.2 Å². The smallest absolute Gasteiger partial charge is 0.295 e. The molecule has 0 amide bonds. The van der Waals surface area contributed by atoms with Crippen LogP contribution in [-0.4, -0.2) is 36.2 Å². The van der Waals surface area contributed by atoms with Crippen LogP contribution in [0.3, 0.4) is 0 Å². The average molecular weight is 691 g/mol. The third kappa shape index (κ3) is 6.02. The van der Waals surface area contributed by atoms with Crippen LogP contribution in [0, 0.1) is 28.9 Å². The van der Waals surface area contributed by atoms with Gasteiger partial charge in [0.05, 0.1) is 11.4 Å². The third-order valence-corrected chi connectivity index (χ3v) is 9.76. The number of pyridine rings is 2. The maximum Gasteiger partial charge on any atom is 0.295 e. The number of hydrogen-bond acceptors (Lipinski definition) is 5. The van der Waals surface area contributed by atoms with Gasteiger partial charge in [-0.15, -0.1) is 0 Å². The minimum atomic E-state index is -3.47. The fourth-order valence-corrected chi connectivity index (χ4v) is 7.22. The van der Waals surface area contributed by atoms with Gasteiger partial charge in [0.15, 0.2) is 5.78 Å². The summed E-state index contributed by atoms with van der Waals surface area (Å²) in [6.07, 6.45) is 2.68. The van der Waals surface area contributed by atoms with Gasteiger partial charge in [-0.2, -0.15) is 13.9 Å². The van der Waals surface area contributed by atoms with E-state index in [1.165, 1.54) is 20.8 Å². The molecule has 6 nitrogen and oxygen atoms in total. The molecule has 1 fully saturated rings. The van der Waals surface area contributed by atoms with E-state index in [4.69, 9.17) is 4.98 Å². The van der Waals surface area contributed by atoms with Crippen LogP contribution < -0.4 is 0 Å². The van der Waals surface area contributed by atoms with Crippen molar-refractivity contribution < 1.29 is 36.2 Å². The standard InChI is InChI=1S/C38H32F6N4O2/c1-36(2,50)10-9-26-7-8-28(23-14-21-5-4-6-30(21)45-18-23)32(46-26)22(11-20-12-24(39)16-25(40)13-20)15-27(49)19-48-34-31(33(47-48)35(41)42)29-17-37(29,3)38(34,43)44/h4-5,7-8,12-14,16,18,22,29,35,50H,6,11,15,17,19H2,1-3H3/t22-,29-,37-/m1/s1. The lowest BCUT2D eigenvalue weighted by molar-refractivity contribution is -0.120. The van der Waals surface area contributed by atoms with Crippen molar-refractivity contribution in [3.05, 3.63) is 105 Å². The minimum absolute atomic E-state index is 0.0487. The number of rotatable bonds is 9. The summed E-state index contributed by atoms with van der Waals surface area (Å²) >= 11 is 0. The molecule has 3 heterocycles. The van der Waals surface area contributed by atoms with Crippen LogP contribution in [0.1, 0.15) is 97.0 Å². The molecule has 3 atom stereocenters. The summed E-state index contributed by atoms with van der Waals surface area (Å²) in [5.74, 6) is -1.91. The molecule has 258 valence electrons. The molecule has 1 saturated carbocycles. The van der Waals surface area contributed by atoms with E-state index in [0.29, 0.717) is 34.0 Å². The molecule has 1 aromatic carbocycles. The van der Waals surface area contributed by atoms with Gasteiger partial charge in [0, 0.05) is 59.0 Å². The van der Waals surface area contributed by atoms with Crippen LogP contribution in [0.25, 0.3) is 17.2 Å². The second-order valence-electron chi connectivity index (χ2n) is 14.1. The van der Waals surface area contributed by atoms with E-state index in [0.717, 1.165) is 23.4 Å². The van der Waals surface area contributed by atoms with Gasteiger partial charge < -0.3 is 5.11 Å². The largest absolute Gasteiger partial charge is 0.378 e. The molecular weight excluding hydrogens is 658 g/mol. The van der Waals surface area contributed by atoms with Gasteiger partial charge >= 0.3 is 0 Å². The molecule has 1 N–H and O–H groups in total. The second-order valence-corrected chi connectivity index (χ2v) is 14.1. The van der Waals surface area contributed by atoms with E-state index < -0.39 is 70.6 Å². The molecule has 50 heavy (non-hydrogen) atoms. The van der Waals surface area contributed by atoms with Crippen molar-refractivity contribution in [2.45, 2.75) is 82.8 Å². The predicted molar refractivity (Wildman–Crippen MR) is 172 cm³/mol. The van der Waals surface area contributed by atoms with E-state index in [1.54, 1.807) is 18.3 Å². The van der Waals surface area contributed by atoms with Crippen molar-refractivity contribution in [1.82, 2.24) is 19.7 Å². The zero-order chi connectivity index (χ0) is 35.7. The van der Waals surface area contributed by atoms with Gasteiger partial charge in [-0.1, -0.05) is 25.0 Å². The van der Waals surface area contributed by atoms with Gasteiger partial charge in [-0.05, 0) is 74.1 Å². The van der Waals surface area contributed by atoms with Gasteiger partial charge in [0.2, 0.25) is 0 Å². The van der Waals surface area contributed by atoms with Crippen LogP contribution in [0.15, 0.2) is 48.7 Å². The van der Waals surface area contributed by atoms with E-state index >= 15 is 8.78 Å². The minimum Gasteiger partial charge on any atom is -0.378 e. The van der Waals surface area contributed by atoms with Crippen LogP contribution in [0.5, 0.6) is 0 Å². The molecule has 0 saturated heterocycles. The van der Waals surface area contributed by atoms with E-state index in [9.17, 15) is 27.5 Å². The molecule has 0 aliphatic heterocycles. The second kappa shape index (κ2) is 11.9. The number of carbonyl (C=O) groups is 1. The monoisotopic (exact) mass is 690 g/mol. The SMILES string of the molecule is CC(C)(O)C#Cc1ccc(-c2cnc3c(c2)C=CC3)c([C@@H](CC(=O)Cn2nc(C(F)F)c3c2C(F)(F)[C@]2(C)C[C@H]32)Cc2cc(F)cc(F)c2)n1. The Morgan fingerprint density at radius 1 is 1.12 bits per heavy atom. The lowest BCUT2D eigenvalue weighted by Crippen LogP contribution is -2.28. The quantitative estimate of drug-likeness (QED) is 0.143. The lowest BCUT2D eigenvalue weighted by atomic mass is 9.86. The first-order valence-electron chi connectivity index (χ1n) is 16.2. The zero-order valence-electron chi connectivity index (χ0n) is 27.4. The molecule has 3 aromatic heterocycles. The van der Waals surface area contributed by atoms with Gasteiger partial charge in [-0.3, -0.25) is 14.5 Å². The lowest BCUT2D eigenvalue weighted by Gasteiger charge is -2.22. The first kappa shape index (κ1) is 33.7. The van der Waals surface area contributed by atoms with Crippen molar-refractivity contribution in [3.8, 4) is 23.0 Å². The number of aliphatic hydroxyl groups is 1. The van der Waals surface area contributed by atoms with Gasteiger partial charge in [0.25, 0.3) is 12.3 Å². The Morgan fingerprint density at radius 2 is 1.86 bits per heavy atom. The first-order chi connectivity index (χ1) is 23.5. The van der Waals surface area contributed by atoms with Crippen molar-refractivity contribution in [2.75, 3.05) is 0 Å². The van der Waals surface area contributed by atoms with Crippen LogP contribution in [-0.2, 0) is 30.1 Å². The number of Topliss-reactive ketones (excluding diaryl/α,β-unsaturated/α-hetero) is 1. The summed E-state index contributed by atoms with van der Waals surface area (Å²) in [6.45, 7) is 3.62. The average Bonchev–Trinajstić information content (AvgIpc) is 3.30. The van der Waals surface area contributed by atoms with Crippen LogP contribution >= 0.6 is 0 Å². The number of fused-ring (bicyclic) bond motifs is 4. The van der Waals surface area contributed by atoms with Crippen molar-refractivity contribution in [3.63, 3.8) is 0 Å². The van der Waals surface area contributed by atoms with Crippen LogP contribution in [0.2, 0.25) is 0 Å². The number of hydrogen-bond donors (Lipinski definition) is 1. The molecule has 4 aromatic rings. The summed E-state index contributed by atoms with van der Waals surface area (Å²) in [5.41, 5.74) is -0.769. The van der Waals surface area contributed by atoms with Crippen molar-refractivity contribution in [2.24, 2.45) is 5.41 Å². The summed E-state index contributed by atoms with van der Waals surface area (Å²) in [4.78, 5) is 23.2. The number of nitrogens with zero attached hydrogens (tertiary/aromatic N) is 4. The predicted octanol–water partition coefficient (Wildman–Crippen LogP) is 7.83. The Labute approximate surface area is 284 Å². The molecule has 0 spiro atoms. The Hall–Kier alpha value is -4.76. The summed E-state index contributed by atoms with van der Waals surface area (Å²) in [5, 5.41) is 14.0. The molecule has 0 unspecified atom stereocenters. The molecule has 12 heteroatoms. The number of carbonyl (C=O) groups excluding carboxylic acids is 1. The van der Waals surface area contributed by atoms with Gasteiger partial charge in [0.1, 0.15) is 40.9 Å². The Bertz CT molecular complexity index is 2120. The fraction of sp³-hybridized carbons (Fsp3) is 0.368. The number of ketones is 1. The van der Waals surface area contributed by atoms with E-state index in [2.05, 4.69) is 21.9 Å². The summed E-state index contributed by atoms with van der Waals surface area (Å²) in [7, 11) is 0. The Balaban J connectivity index is 1.31. The fourth-order valence-electron chi connectivity index (χ4n) is 7.22. The Morgan fingerprint density at radius 3 is 2.56 bits per heavy atom. The number of halogens is 6. The zero-order valence-corrected chi connectivity index (χ0v) is 27.4. The van der Waals surface area contributed by atoms with Gasteiger partial charge in [-0.25, -0.2) is 22.5 Å². The number of benzene rings is 1. The number of alkyl halides is 4. The molecule has 0 radical (unpaired) electrons. The van der Waals surface area contributed by atoms with Crippen molar-refractivity contribution >= 4 is 11.9 Å². The molecule has 3 aliphatic rings. The molecule has 7 rings (SSSR count). The summed E-state index contributed by atoms with van der Waals surface area (Å²) in [6, 6.07) is 8.24. The maximum absolute atomic E-state index is 15.6. The highest BCUT2D eigenvalue weighted by Crippen LogP contribution is 2.76. The van der Waals surface area contributed by atoms with Crippen LogP contribution in [0.4, 0.5) is 26.3 Å². The highest BCUT2D eigenvalue weighted by atomic mass is 19.3. The highest BCUT2D eigenvalue weighted by Gasteiger charge is 2.75. The summed E-state index contributed by atoms with van der Waals surface area (Å²) < 4.78 is 88.8. The number of aromatic nitrogens is 4. The van der Waals surface area contributed by atoms with E-state index in [-0.39, 0.29) is 36.1 Å². The third-order valence-electron chi connectivity index (χ3n) is 9.76.